The zero-order chi connectivity index (χ0) is 15.5. The Bertz CT molecular complexity index is 650. The second-order valence-corrected chi connectivity index (χ2v) is 5.69. The molecule has 116 valence electrons. The molecule has 3 rings (SSSR count). The molecule has 1 saturated heterocycles. The number of hydrogen-bond donors (Lipinski definition) is 1. The number of carbonyl (C=O) groups is 1. The van der Waals surface area contributed by atoms with Crippen molar-refractivity contribution in [2.45, 2.75) is 39.3 Å². The van der Waals surface area contributed by atoms with E-state index in [9.17, 15) is 4.79 Å². The molecule has 2 aromatic rings. The number of pyridine rings is 1. The van der Waals surface area contributed by atoms with Crippen LogP contribution >= 0.6 is 0 Å². The number of rotatable bonds is 3. The molecule has 0 spiro atoms. The number of carbonyl (C=O) groups excluding carboxylic acids is 1. The van der Waals surface area contributed by atoms with Crippen LogP contribution in [0.4, 0.5) is 4.79 Å². The first-order valence-corrected chi connectivity index (χ1v) is 7.53. The lowest BCUT2D eigenvalue weighted by atomic mass is 10.1. The van der Waals surface area contributed by atoms with Crippen molar-refractivity contribution in [1.29, 1.82) is 0 Å². The Morgan fingerprint density at radius 2 is 2.27 bits per heavy atom. The molecule has 3 heterocycles. The van der Waals surface area contributed by atoms with Gasteiger partial charge in [-0.25, -0.2) is 4.79 Å². The van der Waals surface area contributed by atoms with E-state index in [1.165, 1.54) is 0 Å². The minimum Gasteiger partial charge on any atom is -0.359 e. The fourth-order valence-corrected chi connectivity index (χ4v) is 2.73. The van der Waals surface area contributed by atoms with Crippen LogP contribution in [0.15, 0.2) is 28.9 Å². The van der Waals surface area contributed by atoms with Crippen molar-refractivity contribution < 1.29 is 9.32 Å². The third-order valence-corrected chi connectivity index (χ3v) is 3.90. The molecular weight excluding hydrogens is 280 g/mol. The molecule has 0 saturated carbocycles. The second-order valence-electron chi connectivity index (χ2n) is 5.69. The average molecular weight is 300 g/mol. The van der Waals surface area contributed by atoms with E-state index in [0.29, 0.717) is 6.54 Å². The number of nitrogens with zero attached hydrogens (tertiary/aromatic N) is 3. The van der Waals surface area contributed by atoms with Gasteiger partial charge in [0.25, 0.3) is 0 Å². The third kappa shape index (κ3) is 3.10. The average Bonchev–Trinajstić information content (AvgIpc) is 3.14. The highest BCUT2D eigenvalue weighted by Gasteiger charge is 2.32. The van der Waals surface area contributed by atoms with Gasteiger partial charge >= 0.3 is 6.03 Å². The maximum Gasteiger partial charge on any atom is 0.318 e. The number of aryl methyl sites for hydroxylation is 2. The first-order valence-electron chi connectivity index (χ1n) is 7.53. The van der Waals surface area contributed by atoms with E-state index in [-0.39, 0.29) is 12.1 Å². The number of amides is 2. The molecule has 0 bridgehead atoms. The minimum atomic E-state index is -0.0721. The van der Waals surface area contributed by atoms with Gasteiger partial charge in [0.05, 0.1) is 11.7 Å². The Morgan fingerprint density at radius 3 is 2.95 bits per heavy atom. The summed E-state index contributed by atoms with van der Waals surface area (Å²) in [7, 11) is 0. The van der Waals surface area contributed by atoms with Crippen molar-refractivity contribution in [2.75, 3.05) is 6.54 Å². The molecule has 1 N–H and O–H groups in total. The van der Waals surface area contributed by atoms with Crippen molar-refractivity contribution in [2.24, 2.45) is 0 Å². The topological polar surface area (TPSA) is 71.3 Å². The molecule has 1 fully saturated rings. The lowest BCUT2D eigenvalue weighted by Gasteiger charge is -2.23. The van der Waals surface area contributed by atoms with Gasteiger partial charge in [-0.15, -0.1) is 0 Å². The second kappa shape index (κ2) is 6.17. The summed E-state index contributed by atoms with van der Waals surface area (Å²) in [6.07, 6.45) is 3.68. The predicted octanol–water partition coefficient (Wildman–Crippen LogP) is 2.73. The summed E-state index contributed by atoms with van der Waals surface area (Å²) in [6, 6.07) is 5.73. The van der Waals surface area contributed by atoms with Gasteiger partial charge in [-0.2, -0.15) is 0 Å². The van der Waals surface area contributed by atoms with Crippen LogP contribution in [0.3, 0.4) is 0 Å². The molecule has 0 aromatic carbocycles. The highest BCUT2D eigenvalue weighted by molar-refractivity contribution is 5.75. The Kier molecular flexibility index (Phi) is 4.09. The van der Waals surface area contributed by atoms with E-state index >= 15 is 0 Å². The molecule has 6 nitrogen and oxygen atoms in total. The molecule has 2 amide bonds. The van der Waals surface area contributed by atoms with Crippen LogP contribution in [-0.2, 0) is 6.54 Å². The first kappa shape index (κ1) is 14.6. The van der Waals surface area contributed by atoms with Gasteiger partial charge in [0, 0.05) is 31.0 Å². The molecular formula is C16H20N4O2. The fourth-order valence-electron chi connectivity index (χ4n) is 2.73. The lowest BCUT2D eigenvalue weighted by Crippen LogP contribution is -2.39. The van der Waals surface area contributed by atoms with Gasteiger partial charge in [0.2, 0.25) is 0 Å². The van der Waals surface area contributed by atoms with Crippen molar-refractivity contribution in [1.82, 2.24) is 20.4 Å². The molecule has 6 heteroatoms. The van der Waals surface area contributed by atoms with Gasteiger partial charge < -0.3 is 14.7 Å². The lowest BCUT2D eigenvalue weighted by molar-refractivity contribution is 0.182. The minimum absolute atomic E-state index is 0.0163. The van der Waals surface area contributed by atoms with E-state index in [2.05, 4.69) is 15.5 Å². The third-order valence-electron chi connectivity index (χ3n) is 3.90. The van der Waals surface area contributed by atoms with E-state index < -0.39 is 0 Å². The Labute approximate surface area is 129 Å². The van der Waals surface area contributed by atoms with Gasteiger partial charge in [-0.1, -0.05) is 11.2 Å². The SMILES string of the molecule is Cc1ccc(CNC(=O)N2CCC[C@H]2c2cc(C)no2)cn1. The van der Waals surface area contributed by atoms with Gasteiger partial charge in [0.15, 0.2) is 5.76 Å². The molecule has 2 aromatic heterocycles. The van der Waals surface area contributed by atoms with Crippen molar-refractivity contribution in [3.8, 4) is 0 Å². The van der Waals surface area contributed by atoms with Crippen LogP contribution in [0.1, 0.15) is 41.6 Å². The van der Waals surface area contributed by atoms with Gasteiger partial charge in [-0.05, 0) is 38.3 Å². The maximum absolute atomic E-state index is 12.4. The van der Waals surface area contributed by atoms with Crippen LogP contribution < -0.4 is 5.32 Å². The molecule has 0 unspecified atom stereocenters. The zero-order valence-electron chi connectivity index (χ0n) is 12.9. The summed E-state index contributed by atoms with van der Waals surface area (Å²) in [5.74, 6) is 0.766. The van der Waals surface area contributed by atoms with Gasteiger partial charge in [-0.3, -0.25) is 4.98 Å². The van der Waals surface area contributed by atoms with Crippen molar-refractivity contribution >= 4 is 6.03 Å². The summed E-state index contributed by atoms with van der Waals surface area (Å²) < 4.78 is 5.32. The van der Waals surface area contributed by atoms with E-state index in [1.807, 2.05) is 36.9 Å². The summed E-state index contributed by atoms with van der Waals surface area (Å²) in [5, 5.41) is 6.87. The largest absolute Gasteiger partial charge is 0.359 e. The van der Waals surface area contributed by atoms with Crippen LogP contribution in [0.2, 0.25) is 0 Å². The predicted molar refractivity (Wildman–Crippen MR) is 81.1 cm³/mol. The van der Waals surface area contributed by atoms with Gasteiger partial charge in [0.1, 0.15) is 0 Å². The van der Waals surface area contributed by atoms with Crippen LogP contribution in [-0.4, -0.2) is 27.6 Å². The summed E-state index contributed by atoms with van der Waals surface area (Å²) in [5.41, 5.74) is 2.80. The van der Waals surface area contributed by atoms with Crippen molar-refractivity contribution in [3.05, 3.63) is 47.1 Å². The highest BCUT2D eigenvalue weighted by Crippen LogP contribution is 2.32. The number of hydrogen-bond acceptors (Lipinski definition) is 4. The molecule has 22 heavy (non-hydrogen) atoms. The smallest absolute Gasteiger partial charge is 0.318 e. The fraction of sp³-hybridized carbons (Fsp3) is 0.438. The molecule has 1 atom stereocenters. The van der Waals surface area contributed by atoms with E-state index in [4.69, 9.17) is 4.52 Å². The molecule has 1 aliphatic heterocycles. The summed E-state index contributed by atoms with van der Waals surface area (Å²) in [4.78, 5) is 18.5. The summed E-state index contributed by atoms with van der Waals surface area (Å²) >= 11 is 0. The number of urea groups is 1. The Hall–Kier alpha value is -2.37. The Morgan fingerprint density at radius 1 is 1.41 bits per heavy atom. The quantitative estimate of drug-likeness (QED) is 0.946. The highest BCUT2D eigenvalue weighted by atomic mass is 16.5. The molecule has 1 aliphatic rings. The van der Waals surface area contributed by atoms with E-state index in [1.54, 1.807) is 6.20 Å². The number of nitrogens with one attached hydrogen (secondary N) is 1. The Balaban J connectivity index is 1.62. The zero-order valence-corrected chi connectivity index (χ0v) is 12.9. The maximum atomic E-state index is 12.4. The number of aromatic nitrogens is 2. The van der Waals surface area contributed by atoms with E-state index in [0.717, 1.165) is 42.1 Å². The van der Waals surface area contributed by atoms with Crippen LogP contribution in [0.5, 0.6) is 0 Å². The monoisotopic (exact) mass is 300 g/mol. The summed E-state index contributed by atoms with van der Waals surface area (Å²) in [6.45, 7) is 5.04. The molecule has 0 aliphatic carbocycles. The standard InChI is InChI=1S/C16H20N4O2/c1-11-5-6-13(9-17-11)10-18-16(21)20-7-3-4-14(20)15-8-12(2)19-22-15/h5-6,8-9,14H,3-4,7,10H2,1-2H3,(H,18,21)/t14-/m0/s1. The van der Waals surface area contributed by atoms with Crippen LogP contribution in [0, 0.1) is 13.8 Å². The first-order chi connectivity index (χ1) is 10.6. The number of likely N-dealkylation sites (tertiary alicyclic amines) is 1. The van der Waals surface area contributed by atoms with Crippen LogP contribution in [0.25, 0.3) is 0 Å². The normalized spacial score (nSPS) is 17.7. The molecule has 0 radical (unpaired) electrons. The van der Waals surface area contributed by atoms with Crippen molar-refractivity contribution in [3.63, 3.8) is 0 Å².